The Kier molecular flexibility index (Phi) is 7.36. The molecule has 1 aliphatic rings. The van der Waals surface area contributed by atoms with Crippen LogP contribution in [0.15, 0.2) is 47.5 Å². The number of benzene rings is 2. The molecular weight excluding hydrogens is 412 g/mol. The molecule has 4 N–H and O–H groups in total. The number of carbonyl (C=O) groups is 1. The molecule has 3 rings (SSSR count). The summed E-state index contributed by atoms with van der Waals surface area (Å²) < 4.78 is 26.6. The highest BCUT2D eigenvalue weighted by Crippen LogP contribution is 2.22. The monoisotopic (exact) mass is 435 g/mol. The molecule has 1 amide bonds. The molecule has 0 spiro atoms. The van der Waals surface area contributed by atoms with Gasteiger partial charge in [-0.25, -0.2) is 19.6 Å². The van der Waals surface area contributed by atoms with Gasteiger partial charge < -0.3 is 10.6 Å². The van der Waals surface area contributed by atoms with Crippen molar-refractivity contribution in [1.82, 2.24) is 21.5 Å². The van der Waals surface area contributed by atoms with Gasteiger partial charge in [-0.1, -0.05) is 37.6 Å². The van der Waals surface area contributed by atoms with Gasteiger partial charge in [0.25, 0.3) is 5.91 Å². The lowest BCUT2D eigenvalue weighted by atomic mass is 10.0. The molecule has 160 valence electrons. The lowest BCUT2D eigenvalue weighted by Gasteiger charge is -2.18. The zero-order valence-electron chi connectivity index (χ0n) is 16.7. The summed E-state index contributed by atoms with van der Waals surface area (Å²) in [6.07, 6.45) is 0.477. The maximum absolute atomic E-state index is 13.5. The third kappa shape index (κ3) is 5.98. The second kappa shape index (κ2) is 9.97. The van der Waals surface area contributed by atoms with Gasteiger partial charge in [-0.2, -0.15) is 4.99 Å². The quantitative estimate of drug-likeness (QED) is 0.427. The van der Waals surface area contributed by atoms with Crippen LogP contribution in [0, 0.1) is 17.6 Å². The van der Waals surface area contributed by atoms with Crippen LogP contribution in [-0.2, 0) is 0 Å². The van der Waals surface area contributed by atoms with Gasteiger partial charge in [0, 0.05) is 29.6 Å². The van der Waals surface area contributed by atoms with Gasteiger partial charge in [0.05, 0.1) is 6.17 Å². The molecule has 0 radical (unpaired) electrons. The first-order valence-corrected chi connectivity index (χ1v) is 10.0. The number of carbonyl (C=O) groups excluding carboxylic acids is 1. The fraction of sp³-hybridized carbons (Fsp3) is 0.333. The third-order valence-electron chi connectivity index (χ3n) is 4.54. The smallest absolute Gasteiger partial charge is 0.280 e. The number of nitrogens with zero attached hydrogens (tertiary/aromatic N) is 1. The molecule has 1 saturated heterocycles. The molecule has 0 bridgehead atoms. The van der Waals surface area contributed by atoms with Crippen LogP contribution in [0.5, 0.6) is 0 Å². The highest BCUT2D eigenvalue weighted by atomic mass is 35.5. The minimum atomic E-state index is -1.09. The average molecular weight is 436 g/mol. The van der Waals surface area contributed by atoms with Crippen LogP contribution in [0.1, 0.15) is 42.2 Å². The molecule has 2 atom stereocenters. The lowest BCUT2D eigenvalue weighted by molar-refractivity contribution is 0.100. The van der Waals surface area contributed by atoms with Crippen molar-refractivity contribution >= 4 is 23.5 Å². The van der Waals surface area contributed by atoms with E-state index in [4.69, 9.17) is 11.6 Å². The molecule has 2 aromatic rings. The summed E-state index contributed by atoms with van der Waals surface area (Å²) in [5, 5.41) is 6.93. The Labute approximate surface area is 179 Å². The SMILES string of the molecule is CC(C)CN/C(=N/C(=O)c1ccc(F)c(F)c1)NC1CC(c2ccc(Cl)cc2)NN1. The molecular formula is C21H24ClF2N5O. The number of rotatable bonds is 5. The van der Waals surface area contributed by atoms with Crippen molar-refractivity contribution in [1.29, 1.82) is 0 Å². The van der Waals surface area contributed by atoms with E-state index in [9.17, 15) is 13.6 Å². The molecule has 2 unspecified atom stereocenters. The van der Waals surface area contributed by atoms with E-state index < -0.39 is 17.5 Å². The molecule has 1 aliphatic heterocycles. The summed E-state index contributed by atoms with van der Waals surface area (Å²) in [7, 11) is 0. The minimum Gasteiger partial charge on any atom is -0.356 e. The van der Waals surface area contributed by atoms with E-state index in [0.717, 1.165) is 17.7 Å². The number of halogens is 3. The Balaban J connectivity index is 1.70. The molecule has 6 nitrogen and oxygen atoms in total. The van der Waals surface area contributed by atoms with Gasteiger partial charge in [0.2, 0.25) is 5.96 Å². The van der Waals surface area contributed by atoms with Crippen molar-refractivity contribution in [2.45, 2.75) is 32.5 Å². The summed E-state index contributed by atoms with van der Waals surface area (Å²) in [5.74, 6) is -2.20. The van der Waals surface area contributed by atoms with Gasteiger partial charge in [-0.05, 0) is 41.8 Å². The van der Waals surface area contributed by atoms with Gasteiger partial charge in [-0.3, -0.25) is 4.79 Å². The number of hydrazine groups is 1. The van der Waals surface area contributed by atoms with Crippen LogP contribution in [0.25, 0.3) is 0 Å². The number of nitrogens with one attached hydrogen (secondary N) is 4. The first-order chi connectivity index (χ1) is 14.3. The highest BCUT2D eigenvalue weighted by molar-refractivity contribution is 6.30. The van der Waals surface area contributed by atoms with Crippen LogP contribution in [0.2, 0.25) is 5.02 Å². The second-order valence-corrected chi connectivity index (χ2v) is 7.93. The van der Waals surface area contributed by atoms with E-state index in [-0.39, 0.29) is 23.7 Å². The molecule has 0 aromatic heterocycles. The maximum atomic E-state index is 13.5. The van der Waals surface area contributed by atoms with E-state index in [1.165, 1.54) is 6.07 Å². The zero-order chi connectivity index (χ0) is 21.7. The number of hydrogen-bond donors (Lipinski definition) is 4. The normalized spacial score (nSPS) is 19.2. The minimum absolute atomic E-state index is 0.0314. The van der Waals surface area contributed by atoms with E-state index in [0.29, 0.717) is 23.9 Å². The van der Waals surface area contributed by atoms with Crippen molar-refractivity contribution in [3.05, 3.63) is 70.2 Å². The topological polar surface area (TPSA) is 77.5 Å². The van der Waals surface area contributed by atoms with Crippen LogP contribution in [0.3, 0.4) is 0 Å². The van der Waals surface area contributed by atoms with Crippen LogP contribution in [0.4, 0.5) is 8.78 Å². The fourth-order valence-electron chi connectivity index (χ4n) is 2.95. The second-order valence-electron chi connectivity index (χ2n) is 7.49. The summed E-state index contributed by atoms with van der Waals surface area (Å²) in [5.41, 5.74) is 7.37. The third-order valence-corrected chi connectivity index (χ3v) is 4.80. The van der Waals surface area contributed by atoms with Crippen molar-refractivity contribution < 1.29 is 13.6 Å². The molecule has 0 aliphatic carbocycles. The van der Waals surface area contributed by atoms with E-state index in [1.54, 1.807) is 0 Å². The van der Waals surface area contributed by atoms with E-state index in [1.807, 2.05) is 38.1 Å². The van der Waals surface area contributed by atoms with Crippen molar-refractivity contribution in [2.24, 2.45) is 10.9 Å². The molecule has 1 fully saturated rings. The van der Waals surface area contributed by atoms with Crippen molar-refractivity contribution in [3.8, 4) is 0 Å². The highest BCUT2D eigenvalue weighted by Gasteiger charge is 2.26. The van der Waals surface area contributed by atoms with Gasteiger partial charge in [-0.15, -0.1) is 0 Å². The zero-order valence-corrected chi connectivity index (χ0v) is 17.4. The summed E-state index contributed by atoms with van der Waals surface area (Å²) in [4.78, 5) is 16.5. The Morgan fingerprint density at radius 3 is 2.57 bits per heavy atom. The van der Waals surface area contributed by atoms with Crippen LogP contribution in [-0.4, -0.2) is 24.6 Å². The molecule has 1 heterocycles. The summed E-state index contributed by atoms with van der Waals surface area (Å²) in [6.45, 7) is 4.62. The number of hydrogen-bond acceptors (Lipinski definition) is 3. The van der Waals surface area contributed by atoms with E-state index >= 15 is 0 Å². The van der Waals surface area contributed by atoms with Gasteiger partial charge >= 0.3 is 0 Å². The molecule has 0 saturated carbocycles. The van der Waals surface area contributed by atoms with Gasteiger partial charge in [0.15, 0.2) is 11.6 Å². The molecule has 9 heteroatoms. The Hall–Kier alpha value is -2.55. The van der Waals surface area contributed by atoms with Crippen molar-refractivity contribution in [3.63, 3.8) is 0 Å². The van der Waals surface area contributed by atoms with Gasteiger partial charge in [0.1, 0.15) is 0 Å². The number of guanidine groups is 1. The van der Waals surface area contributed by atoms with Crippen LogP contribution < -0.4 is 21.5 Å². The lowest BCUT2D eigenvalue weighted by Crippen LogP contribution is -2.50. The first kappa shape index (κ1) is 22.1. The van der Waals surface area contributed by atoms with E-state index in [2.05, 4.69) is 26.5 Å². The largest absolute Gasteiger partial charge is 0.356 e. The Morgan fingerprint density at radius 2 is 1.90 bits per heavy atom. The van der Waals surface area contributed by atoms with Crippen LogP contribution >= 0.6 is 11.6 Å². The number of aliphatic imine (C=N–C) groups is 1. The fourth-order valence-corrected chi connectivity index (χ4v) is 3.07. The standard InChI is InChI=1S/C21H24ClF2N5O/c1-12(2)11-25-21(27-20(30)14-5-8-16(23)17(24)9-14)26-19-10-18(28-29-19)13-3-6-15(22)7-4-13/h3-9,12,18-19,28-29H,10-11H2,1-2H3,(H2,25,26,27,30). The predicted molar refractivity (Wildman–Crippen MR) is 113 cm³/mol. The maximum Gasteiger partial charge on any atom is 0.280 e. The first-order valence-electron chi connectivity index (χ1n) is 9.67. The summed E-state index contributed by atoms with van der Waals surface area (Å²) >= 11 is 5.94. The average Bonchev–Trinajstić information content (AvgIpc) is 3.17. The summed E-state index contributed by atoms with van der Waals surface area (Å²) in [6, 6.07) is 10.6. The number of amides is 1. The molecule has 2 aromatic carbocycles. The Morgan fingerprint density at radius 1 is 1.17 bits per heavy atom. The van der Waals surface area contributed by atoms with Crippen molar-refractivity contribution in [2.75, 3.05) is 6.54 Å². The molecule has 30 heavy (non-hydrogen) atoms. The predicted octanol–water partition coefficient (Wildman–Crippen LogP) is 3.51. The Bertz CT molecular complexity index is 920.